The molecule has 0 aliphatic rings. The summed E-state index contributed by atoms with van der Waals surface area (Å²) in [6.45, 7) is 6.65. The van der Waals surface area contributed by atoms with Crippen LogP contribution in [0.25, 0.3) is 0 Å². The highest BCUT2D eigenvalue weighted by Crippen LogP contribution is 2.17. The van der Waals surface area contributed by atoms with Crippen LogP contribution in [0.5, 0.6) is 0 Å². The van der Waals surface area contributed by atoms with Crippen molar-refractivity contribution in [3.63, 3.8) is 0 Å². The van der Waals surface area contributed by atoms with E-state index in [0.29, 0.717) is 19.3 Å². The first-order valence-electron chi connectivity index (χ1n) is 28.8. The highest BCUT2D eigenvalue weighted by molar-refractivity contribution is 5.71. The lowest BCUT2D eigenvalue weighted by Gasteiger charge is -2.18. The van der Waals surface area contributed by atoms with E-state index in [1.54, 1.807) is 0 Å². The van der Waals surface area contributed by atoms with E-state index in [-0.39, 0.29) is 31.1 Å². The van der Waals surface area contributed by atoms with Crippen LogP contribution in [0.4, 0.5) is 0 Å². The molecule has 0 rings (SSSR count). The predicted octanol–water partition coefficient (Wildman–Crippen LogP) is 19.1. The van der Waals surface area contributed by atoms with Gasteiger partial charge in [0.05, 0.1) is 0 Å². The number of unbranched alkanes of at least 4 members (excludes halogenated alkanes) is 38. The summed E-state index contributed by atoms with van der Waals surface area (Å²) in [4.78, 5) is 38.1. The Hall–Kier alpha value is -2.11. The van der Waals surface area contributed by atoms with Crippen LogP contribution in [-0.2, 0) is 28.6 Å². The lowest BCUT2D eigenvalue weighted by Crippen LogP contribution is -2.30. The average molecular weight is 916 g/mol. The molecule has 6 heteroatoms. The number of hydrogen-bond acceptors (Lipinski definition) is 6. The summed E-state index contributed by atoms with van der Waals surface area (Å²) >= 11 is 0. The zero-order valence-corrected chi connectivity index (χ0v) is 43.8. The van der Waals surface area contributed by atoms with Crippen molar-refractivity contribution in [3.05, 3.63) is 24.3 Å². The molecule has 0 amide bonds. The quantitative estimate of drug-likeness (QED) is 0.0262. The molecule has 0 fully saturated rings. The largest absolute Gasteiger partial charge is 0.462 e. The Morgan fingerprint density at radius 3 is 0.877 bits per heavy atom. The number of carbonyl (C=O) groups excluding carboxylic acids is 3. The normalized spacial score (nSPS) is 12.1. The maximum Gasteiger partial charge on any atom is 0.306 e. The predicted molar refractivity (Wildman–Crippen MR) is 279 cm³/mol. The number of allylic oxidation sites excluding steroid dienone is 4. The van der Waals surface area contributed by atoms with Gasteiger partial charge in [0.15, 0.2) is 6.10 Å². The molecule has 0 aromatic rings. The van der Waals surface area contributed by atoms with E-state index in [2.05, 4.69) is 45.1 Å². The molecule has 1 atom stereocenters. The van der Waals surface area contributed by atoms with Gasteiger partial charge in [-0.15, -0.1) is 0 Å². The minimum Gasteiger partial charge on any atom is -0.462 e. The van der Waals surface area contributed by atoms with Gasteiger partial charge in [0.2, 0.25) is 0 Å². The van der Waals surface area contributed by atoms with Crippen LogP contribution < -0.4 is 0 Å². The third-order valence-corrected chi connectivity index (χ3v) is 13.0. The van der Waals surface area contributed by atoms with Crippen LogP contribution in [0.3, 0.4) is 0 Å². The zero-order chi connectivity index (χ0) is 47.2. The molecule has 382 valence electrons. The number of rotatable bonds is 53. The molecule has 0 saturated heterocycles. The third-order valence-electron chi connectivity index (χ3n) is 13.0. The molecule has 0 unspecified atom stereocenters. The molecular formula is C59H110O6. The molecule has 0 N–H and O–H groups in total. The number of hydrogen-bond donors (Lipinski definition) is 0. The van der Waals surface area contributed by atoms with Gasteiger partial charge in [0, 0.05) is 19.3 Å². The summed E-state index contributed by atoms with van der Waals surface area (Å²) in [6, 6.07) is 0. The summed E-state index contributed by atoms with van der Waals surface area (Å²) in [5, 5.41) is 0. The van der Waals surface area contributed by atoms with Gasteiger partial charge in [0.25, 0.3) is 0 Å². The van der Waals surface area contributed by atoms with E-state index in [1.165, 1.54) is 199 Å². The molecule has 0 heterocycles. The smallest absolute Gasteiger partial charge is 0.306 e. The first kappa shape index (κ1) is 62.9. The van der Waals surface area contributed by atoms with Crippen molar-refractivity contribution < 1.29 is 28.6 Å². The van der Waals surface area contributed by atoms with Crippen molar-refractivity contribution in [1.82, 2.24) is 0 Å². The SMILES string of the molecule is CCCCC/C=C\C/C=C\CCCCCCCC(=O)OC[C@H](COC(=O)CCCCCCCCCCCCCCCCCCC)OC(=O)CCCCCCCCCCCCCCCCC. The second-order valence-electron chi connectivity index (χ2n) is 19.6. The Morgan fingerprint density at radius 2 is 0.554 bits per heavy atom. The fourth-order valence-corrected chi connectivity index (χ4v) is 8.59. The van der Waals surface area contributed by atoms with E-state index in [9.17, 15) is 14.4 Å². The Morgan fingerprint density at radius 1 is 0.308 bits per heavy atom. The summed E-state index contributed by atoms with van der Waals surface area (Å²) in [6.07, 6.45) is 63.0. The summed E-state index contributed by atoms with van der Waals surface area (Å²) in [7, 11) is 0. The topological polar surface area (TPSA) is 78.9 Å². The van der Waals surface area contributed by atoms with Crippen LogP contribution in [0.15, 0.2) is 24.3 Å². The van der Waals surface area contributed by atoms with Gasteiger partial charge < -0.3 is 14.2 Å². The van der Waals surface area contributed by atoms with Crippen LogP contribution in [-0.4, -0.2) is 37.2 Å². The maximum absolute atomic E-state index is 12.8. The molecular weight excluding hydrogens is 805 g/mol. The van der Waals surface area contributed by atoms with Crippen molar-refractivity contribution >= 4 is 17.9 Å². The third kappa shape index (κ3) is 52.7. The highest BCUT2D eigenvalue weighted by atomic mass is 16.6. The van der Waals surface area contributed by atoms with E-state index in [4.69, 9.17) is 14.2 Å². The number of carbonyl (C=O) groups is 3. The standard InChI is InChI=1S/C59H110O6/c1-4-7-10-13-16-19-22-25-28-29-32-34-37-40-43-46-49-52-58(61)64-55-56(65-59(62)53-50-47-44-41-38-35-31-27-24-21-18-15-12-9-6-3)54-63-57(60)51-48-45-42-39-36-33-30-26-23-20-17-14-11-8-5-2/h17,20,26,30,56H,4-16,18-19,21-25,27-29,31-55H2,1-3H3/b20-17-,30-26-/t56-/m1/s1. The Bertz CT molecular complexity index is 1050. The molecule has 65 heavy (non-hydrogen) atoms. The van der Waals surface area contributed by atoms with Crippen LogP contribution in [0.1, 0.15) is 316 Å². The van der Waals surface area contributed by atoms with Crippen molar-refractivity contribution in [2.45, 2.75) is 322 Å². The fourth-order valence-electron chi connectivity index (χ4n) is 8.59. The molecule has 0 spiro atoms. The van der Waals surface area contributed by atoms with Crippen molar-refractivity contribution in [1.29, 1.82) is 0 Å². The molecule has 0 bridgehead atoms. The molecule has 0 aliphatic heterocycles. The summed E-state index contributed by atoms with van der Waals surface area (Å²) in [5.41, 5.74) is 0. The summed E-state index contributed by atoms with van der Waals surface area (Å²) in [5.74, 6) is -0.862. The first-order chi connectivity index (χ1) is 32.0. The van der Waals surface area contributed by atoms with Crippen LogP contribution in [0, 0.1) is 0 Å². The number of esters is 3. The van der Waals surface area contributed by atoms with E-state index < -0.39 is 6.10 Å². The minimum atomic E-state index is -0.771. The highest BCUT2D eigenvalue weighted by Gasteiger charge is 2.19. The van der Waals surface area contributed by atoms with Gasteiger partial charge in [-0.05, 0) is 51.4 Å². The van der Waals surface area contributed by atoms with Gasteiger partial charge in [-0.1, -0.05) is 270 Å². The molecule has 0 saturated carbocycles. The second kappa shape index (κ2) is 54.5. The van der Waals surface area contributed by atoms with E-state index >= 15 is 0 Å². The summed E-state index contributed by atoms with van der Waals surface area (Å²) < 4.78 is 16.9. The monoisotopic (exact) mass is 915 g/mol. The second-order valence-corrected chi connectivity index (χ2v) is 19.6. The molecule has 0 radical (unpaired) electrons. The van der Waals surface area contributed by atoms with Gasteiger partial charge in [-0.2, -0.15) is 0 Å². The van der Waals surface area contributed by atoms with Gasteiger partial charge in [0.1, 0.15) is 13.2 Å². The van der Waals surface area contributed by atoms with Crippen molar-refractivity contribution in [3.8, 4) is 0 Å². The molecule has 0 aromatic carbocycles. The van der Waals surface area contributed by atoms with Gasteiger partial charge in [-0.3, -0.25) is 14.4 Å². The minimum absolute atomic E-state index is 0.0701. The molecule has 0 aromatic heterocycles. The lowest BCUT2D eigenvalue weighted by atomic mass is 10.0. The Kier molecular flexibility index (Phi) is 52.7. The van der Waals surface area contributed by atoms with Crippen LogP contribution in [0.2, 0.25) is 0 Å². The molecule has 0 aliphatic carbocycles. The molecule has 6 nitrogen and oxygen atoms in total. The van der Waals surface area contributed by atoms with Gasteiger partial charge >= 0.3 is 17.9 Å². The average Bonchev–Trinajstić information content (AvgIpc) is 3.30. The number of ether oxygens (including phenoxy) is 3. The zero-order valence-electron chi connectivity index (χ0n) is 43.8. The fraction of sp³-hybridized carbons (Fsp3) is 0.881. The van der Waals surface area contributed by atoms with Gasteiger partial charge in [-0.25, -0.2) is 0 Å². The van der Waals surface area contributed by atoms with E-state index in [0.717, 1.165) is 77.0 Å². The maximum atomic E-state index is 12.8. The van der Waals surface area contributed by atoms with Crippen molar-refractivity contribution in [2.24, 2.45) is 0 Å². The van der Waals surface area contributed by atoms with Crippen molar-refractivity contribution in [2.75, 3.05) is 13.2 Å². The van der Waals surface area contributed by atoms with E-state index in [1.807, 2.05) is 0 Å². The first-order valence-corrected chi connectivity index (χ1v) is 28.8. The Balaban J connectivity index is 4.33. The lowest BCUT2D eigenvalue weighted by molar-refractivity contribution is -0.167. The Labute approximate surface area is 404 Å². The van der Waals surface area contributed by atoms with Crippen LogP contribution >= 0.6 is 0 Å².